The Hall–Kier alpha value is -0.290. The molecule has 0 aromatic carbocycles. The van der Waals surface area contributed by atoms with Crippen molar-refractivity contribution in [3.05, 3.63) is 0 Å². The van der Waals surface area contributed by atoms with Crippen LogP contribution < -0.4 is 0 Å². The van der Waals surface area contributed by atoms with Crippen LogP contribution in [0.5, 0.6) is 0 Å². The molecule has 0 aromatic rings. The minimum atomic E-state index is -4.34. The second kappa shape index (κ2) is 6.45. The van der Waals surface area contributed by atoms with Crippen LogP contribution in [0.15, 0.2) is 0 Å². The predicted molar refractivity (Wildman–Crippen MR) is 76.8 cm³/mol. The van der Waals surface area contributed by atoms with Crippen molar-refractivity contribution in [1.29, 1.82) is 0 Å². The summed E-state index contributed by atoms with van der Waals surface area (Å²) in [6.45, 7) is 13.8. The summed E-state index contributed by atoms with van der Waals surface area (Å²) in [4.78, 5) is 0. The van der Waals surface area contributed by atoms with Gasteiger partial charge in [-0.15, -0.1) is 0 Å². The summed E-state index contributed by atoms with van der Waals surface area (Å²) in [5.74, 6) is 1.34. The molecule has 1 rings (SSSR count). The molecule has 0 aliphatic carbocycles. The van der Waals surface area contributed by atoms with Crippen molar-refractivity contribution in [2.24, 2.45) is 23.2 Å². The van der Waals surface area contributed by atoms with Gasteiger partial charge in [0.05, 0.1) is 0 Å². The van der Waals surface area contributed by atoms with Crippen LogP contribution in [-0.4, -0.2) is 24.7 Å². The van der Waals surface area contributed by atoms with Crippen LogP contribution in [0.25, 0.3) is 0 Å². The van der Waals surface area contributed by atoms with E-state index in [4.69, 9.17) is 9.47 Å². The Labute approximate surface area is 126 Å². The first kappa shape index (κ1) is 18.8. The largest absolute Gasteiger partial charge is 0.414 e. The highest BCUT2D eigenvalue weighted by Gasteiger charge is 2.56. The summed E-state index contributed by atoms with van der Waals surface area (Å²) in [7, 11) is 0. The topological polar surface area (TPSA) is 21.8 Å². The molecule has 5 unspecified atom stereocenters. The van der Waals surface area contributed by atoms with Crippen molar-refractivity contribution in [2.75, 3.05) is 0 Å². The predicted octanol–water partition coefficient (Wildman–Crippen LogP) is 5.02. The average molecular weight is 310 g/mol. The van der Waals surface area contributed by atoms with Gasteiger partial charge in [-0.25, -0.2) is 0 Å². The minimum absolute atomic E-state index is 0.167. The van der Waals surface area contributed by atoms with E-state index in [2.05, 4.69) is 41.5 Å². The molecule has 0 bridgehead atoms. The lowest BCUT2D eigenvalue weighted by atomic mass is 9.69. The molecule has 1 aliphatic rings. The Balaban J connectivity index is 2.68. The molecule has 5 heteroatoms. The van der Waals surface area contributed by atoms with Crippen LogP contribution in [-0.2, 0) is 9.47 Å². The van der Waals surface area contributed by atoms with Gasteiger partial charge < -0.3 is 9.47 Å². The summed E-state index contributed by atoms with van der Waals surface area (Å²) >= 11 is 0. The fraction of sp³-hybridized carbons (Fsp3) is 1.00. The first-order valence-corrected chi connectivity index (χ1v) is 7.77. The molecule has 5 atom stereocenters. The van der Waals surface area contributed by atoms with Crippen LogP contribution in [0, 0.1) is 23.2 Å². The molecule has 21 heavy (non-hydrogen) atoms. The maximum absolute atomic E-state index is 12.6. The van der Waals surface area contributed by atoms with Gasteiger partial charge in [-0.05, 0) is 31.1 Å². The Morgan fingerprint density at radius 1 is 1.05 bits per heavy atom. The number of hydrogen-bond acceptors (Lipinski definition) is 2. The number of epoxide rings is 1. The van der Waals surface area contributed by atoms with Gasteiger partial charge in [-0.2, -0.15) is 13.2 Å². The summed E-state index contributed by atoms with van der Waals surface area (Å²) < 4.78 is 48.2. The summed E-state index contributed by atoms with van der Waals surface area (Å²) in [6.07, 6.45) is -6.17. The third-order valence-corrected chi connectivity index (χ3v) is 5.12. The molecular formula is C16H29F3O2. The summed E-state index contributed by atoms with van der Waals surface area (Å²) in [5.41, 5.74) is -0.167. The third kappa shape index (κ3) is 4.59. The fourth-order valence-electron chi connectivity index (χ4n) is 2.56. The molecule has 0 spiro atoms. The second-order valence-corrected chi connectivity index (χ2v) is 7.33. The van der Waals surface area contributed by atoms with E-state index in [1.807, 2.05) is 0 Å². The second-order valence-electron chi connectivity index (χ2n) is 7.33. The lowest BCUT2D eigenvalue weighted by molar-refractivity contribution is -0.225. The Morgan fingerprint density at radius 3 is 1.95 bits per heavy atom. The normalized spacial score (nSPS) is 28.6. The molecule has 126 valence electrons. The Morgan fingerprint density at radius 2 is 1.57 bits per heavy atom. The zero-order chi connectivity index (χ0) is 16.6. The average Bonchev–Trinajstić information content (AvgIpc) is 3.06. The lowest BCUT2D eigenvalue weighted by Crippen LogP contribution is -2.36. The van der Waals surface area contributed by atoms with Gasteiger partial charge in [0.25, 0.3) is 0 Å². The molecule has 0 amide bonds. The maximum Gasteiger partial charge on any atom is 0.414 e. The lowest BCUT2D eigenvalue weighted by Gasteiger charge is -2.36. The van der Waals surface area contributed by atoms with Gasteiger partial charge in [-0.3, -0.25) is 0 Å². The quantitative estimate of drug-likeness (QED) is 0.616. The van der Waals surface area contributed by atoms with Crippen molar-refractivity contribution < 1.29 is 22.6 Å². The van der Waals surface area contributed by atoms with Crippen LogP contribution in [0.1, 0.15) is 54.9 Å². The molecule has 1 fully saturated rings. The molecule has 1 heterocycles. The third-order valence-electron chi connectivity index (χ3n) is 5.12. The molecular weight excluding hydrogens is 281 g/mol. The first-order chi connectivity index (χ1) is 9.39. The number of rotatable bonds is 7. The van der Waals surface area contributed by atoms with Crippen LogP contribution in [0.3, 0.4) is 0 Å². The highest BCUT2D eigenvalue weighted by Crippen LogP contribution is 2.49. The minimum Gasteiger partial charge on any atom is -0.341 e. The molecule has 2 nitrogen and oxygen atoms in total. The van der Waals surface area contributed by atoms with Crippen molar-refractivity contribution in [3.63, 3.8) is 0 Å². The summed E-state index contributed by atoms with van der Waals surface area (Å²) in [5, 5.41) is 0. The number of alkyl halides is 3. The van der Waals surface area contributed by atoms with Gasteiger partial charge in [-0.1, -0.05) is 41.5 Å². The standard InChI is InChI=1S/C16H29F3O2/c1-9(2)11(5)8-15(7,10(3)4)13-14(21-13)20-12(6)16(17,18)19/h9-14H,8H2,1-7H3. The van der Waals surface area contributed by atoms with E-state index in [1.165, 1.54) is 0 Å². The van der Waals surface area contributed by atoms with Gasteiger partial charge >= 0.3 is 6.18 Å². The van der Waals surface area contributed by atoms with E-state index in [1.54, 1.807) is 0 Å². The highest BCUT2D eigenvalue weighted by molar-refractivity contribution is 4.97. The maximum atomic E-state index is 12.6. The van der Waals surface area contributed by atoms with Gasteiger partial charge in [0.2, 0.25) is 0 Å². The first-order valence-electron chi connectivity index (χ1n) is 7.77. The van der Waals surface area contributed by atoms with Crippen molar-refractivity contribution in [2.45, 2.75) is 79.6 Å². The Bertz CT molecular complexity index is 341. The molecule has 0 aromatic heterocycles. The zero-order valence-corrected chi connectivity index (χ0v) is 14.1. The van der Waals surface area contributed by atoms with E-state index < -0.39 is 18.6 Å². The molecule has 1 saturated heterocycles. The van der Waals surface area contributed by atoms with Gasteiger partial charge in [0.15, 0.2) is 12.4 Å². The van der Waals surface area contributed by atoms with E-state index in [-0.39, 0.29) is 11.5 Å². The van der Waals surface area contributed by atoms with E-state index >= 15 is 0 Å². The van der Waals surface area contributed by atoms with E-state index in [9.17, 15) is 13.2 Å². The van der Waals surface area contributed by atoms with Crippen LogP contribution >= 0.6 is 0 Å². The smallest absolute Gasteiger partial charge is 0.341 e. The number of halogens is 3. The van der Waals surface area contributed by atoms with E-state index in [0.29, 0.717) is 17.8 Å². The van der Waals surface area contributed by atoms with Crippen molar-refractivity contribution in [3.8, 4) is 0 Å². The van der Waals surface area contributed by atoms with Gasteiger partial charge in [0, 0.05) is 5.41 Å². The summed E-state index contributed by atoms with van der Waals surface area (Å²) in [6, 6.07) is 0. The van der Waals surface area contributed by atoms with Crippen molar-refractivity contribution in [1.82, 2.24) is 0 Å². The molecule has 0 radical (unpaired) electrons. The SMILES string of the molecule is CC(C)C(C)CC(C)(C(C)C)C1OC1OC(C)C(F)(F)F. The van der Waals surface area contributed by atoms with Crippen LogP contribution in [0.2, 0.25) is 0 Å². The van der Waals surface area contributed by atoms with E-state index in [0.717, 1.165) is 13.3 Å². The van der Waals surface area contributed by atoms with Crippen molar-refractivity contribution >= 4 is 0 Å². The number of hydrogen-bond donors (Lipinski definition) is 0. The fourth-order valence-corrected chi connectivity index (χ4v) is 2.56. The van der Waals surface area contributed by atoms with Crippen LogP contribution in [0.4, 0.5) is 13.2 Å². The molecule has 1 aliphatic heterocycles. The Kier molecular flexibility index (Phi) is 5.76. The highest BCUT2D eigenvalue weighted by atomic mass is 19.4. The molecule has 0 saturated carbocycles. The zero-order valence-electron chi connectivity index (χ0n) is 14.1. The monoisotopic (exact) mass is 310 g/mol. The number of ether oxygens (including phenoxy) is 2. The van der Waals surface area contributed by atoms with Gasteiger partial charge in [0.1, 0.15) is 6.10 Å². The molecule has 0 N–H and O–H groups in total.